The largest absolute Gasteiger partial charge is 0.497 e. The van der Waals surface area contributed by atoms with Crippen molar-refractivity contribution >= 4 is 34.0 Å². The SMILES string of the molecule is C=C[C@H]1CN2CC[C@H]1C[C@@H]2[C@@H](OC(=S)Nc1ccc(OC)cc1OC)c1ccnc2ccc(OC)cc12. The van der Waals surface area contributed by atoms with E-state index in [1.807, 2.05) is 48.7 Å². The van der Waals surface area contributed by atoms with Crippen molar-refractivity contribution in [1.82, 2.24) is 9.88 Å². The molecule has 3 fully saturated rings. The second kappa shape index (κ2) is 10.9. The number of benzene rings is 2. The lowest BCUT2D eigenvalue weighted by atomic mass is 9.73. The molecule has 4 heterocycles. The predicted molar refractivity (Wildman–Crippen MR) is 150 cm³/mol. The number of nitrogens with one attached hydrogen (secondary N) is 1. The summed E-state index contributed by atoms with van der Waals surface area (Å²) in [4.78, 5) is 7.12. The van der Waals surface area contributed by atoms with Crippen LogP contribution in [0.5, 0.6) is 17.2 Å². The van der Waals surface area contributed by atoms with Gasteiger partial charge in [0.25, 0.3) is 5.17 Å². The molecule has 1 aromatic heterocycles. The zero-order valence-corrected chi connectivity index (χ0v) is 22.3. The molecule has 3 aliphatic heterocycles. The Kier molecular flexibility index (Phi) is 7.48. The molecule has 3 aromatic rings. The molecule has 3 saturated heterocycles. The Hall–Kier alpha value is -3.36. The van der Waals surface area contributed by atoms with E-state index < -0.39 is 0 Å². The molecule has 5 atom stereocenters. The maximum Gasteiger partial charge on any atom is 0.261 e. The minimum absolute atomic E-state index is 0.171. The van der Waals surface area contributed by atoms with Crippen LogP contribution in [0.3, 0.4) is 0 Å². The molecule has 194 valence electrons. The van der Waals surface area contributed by atoms with E-state index in [4.69, 9.17) is 31.2 Å². The van der Waals surface area contributed by atoms with Gasteiger partial charge in [-0.05, 0) is 79.8 Å². The highest BCUT2D eigenvalue weighted by molar-refractivity contribution is 7.80. The van der Waals surface area contributed by atoms with Crippen LogP contribution in [-0.4, -0.2) is 55.5 Å². The number of fused-ring (bicyclic) bond motifs is 4. The number of anilines is 1. The topological polar surface area (TPSA) is 65.1 Å². The van der Waals surface area contributed by atoms with Gasteiger partial charge in [-0.2, -0.15) is 0 Å². The van der Waals surface area contributed by atoms with Crippen molar-refractivity contribution in [1.29, 1.82) is 0 Å². The van der Waals surface area contributed by atoms with E-state index in [-0.39, 0.29) is 17.3 Å². The summed E-state index contributed by atoms with van der Waals surface area (Å²) < 4.78 is 23.0. The van der Waals surface area contributed by atoms with Crippen LogP contribution >= 0.6 is 12.2 Å². The van der Waals surface area contributed by atoms with Crippen molar-refractivity contribution in [2.75, 3.05) is 39.7 Å². The Bertz CT molecular complexity index is 1300. The van der Waals surface area contributed by atoms with E-state index in [1.165, 1.54) is 6.42 Å². The van der Waals surface area contributed by atoms with Gasteiger partial charge >= 0.3 is 0 Å². The van der Waals surface area contributed by atoms with Crippen LogP contribution in [0.1, 0.15) is 24.5 Å². The van der Waals surface area contributed by atoms with Crippen molar-refractivity contribution in [2.45, 2.75) is 25.0 Å². The van der Waals surface area contributed by atoms with Gasteiger partial charge in [0.1, 0.15) is 23.4 Å². The third kappa shape index (κ3) is 5.08. The van der Waals surface area contributed by atoms with Crippen molar-refractivity contribution < 1.29 is 18.9 Å². The number of thiocarbonyl (C=S) groups is 1. The molecule has 1 N–H and O–H groups in total. The molecule has 0 radical (unpaired) electrons. The number of piperidine rings is 3. The molecule has 0 saturated carbocycles. The van der Waals surface area contributed by atoms with E-state index in [9.17, 15) is 0 Å². The molecule has 7 nitrogen and oxygen atoms in total. The van der Waals surface area contributed by atoms with E-state index in [0.717, 1.165) is 41.7 Å². The van der Waals surface area contributed by atoms with Crippen LogP contribution in [0.4, 0.5) is 5.69 Å². The number of hydrogen-bond acceptors (Lipinski definition) is 7. The van der Waals surface area contributed by atoms with Crippen LogP contribution in [0.25, 0.3) is 10.9 Å². The minimum Gasteiger partial charge on any atom is -0.497 e. The van der Waals surface area contributed by atoms with Crippen LogP contribution in [0, 0.1) is 11.8 Å². The quantitative estimate of drug-likeness (QED) is 0.304. The predicted octanol–water partition coefficient (Wildman–Crippen LogP) is 5.61. The summed E-state index contributed by atoms with van der Waals surface area (Å²) in [5.74, 6) is 3.20. The van der Waals surface area contributed by atoms with Crippen molar-refractivity contribution in [2.24, 2.45) is 11.8 Å². The Morgan fingerprint density at radius 2 is 1.89 bits per heavy atom. The monoisotopic (exact) mass is 519 g/mol. The first-order valence-electron chi connectivity index (χ1n) is 12.5. The normalized spacial score (nSPS) is 23.2. The number of ether oxygens (including phenoxy) is 4. The molecule has 8 heteroatoms. The summed E-state index contributed by atoms with van der Waals surface area (Å²) >= 11 is 5.76. The molecule has 3 aliphatic rings. The molecule has 2 aromatic carbocycles. The van der Waals surface area contributed by atoms with Crippen molar-refractivity contribution in [3.63, 3.8) is 0 Å². The maximum atomic E-state index is 6.64. The highest BCUT2D eigenvalue weighted by Gasteiger charge is 2.44. The van der Waals surface area contributed by atoms with Gasteiger partial charge in [0.05, 0.1) is 38.6 Å². The lowest BCUT2D eigenvalue weighted by molar-refractivity contribution is -0.0386. The van der Waals surface area contributed by atoms with E-state index in [1.54, 1.807) is 21.3 Å². The fourth-order valence-corrected chi connectivity index (χ4v) is 5.93. The first-order valence-corrected chi connectivity index (χ1v) is 12.9. The Morgan fingerprint density at radius 1 is 1.11 bits per heavy atom. The number of rotatable bonds is 8. The number of aromatic nitrogens is 1. The molecule has 1 unspecified atom stereocenters. The highest BCUT2D eigenvalue weighted by atomic mass is 32.1. The average molecular weight is 520 g/mol. The molecule has 6 rings (SSSR count). The maximum absolute atomic E-state index is 6.64. The zero-order chi connectivity index (χ0) is 25.9. The van der Waals surface area contributed by atoms with Gasteiger partial charge in [0.15, 0.2) is 0 Å². The standard InChI is InChI=1S/C29H33N3O4S/c1-5-18-17-32-13-11-19(18)14-26(32)28(22-10-12-30-24-8-6-20(33-2)15-23(22)24)36-29(37)31-25-9-7-21(34-3)16-27(25)35-4/h5-10,12,15-16,18-19,26,28H,1,11,13-14,17H2,2-4H3,(H,31,37)/t18-,19-,26+,28-/m0/s1. The van der Waals surface area contributed by atoms with Gasteiger partial charge in [0.2, 0.25) is 0 Å². The smallest absolute Gasteiger partial charge is 0.261 e. The molecular weight excluding hydrogens is 486 g/mol. The third-order valence-electron chi connectivity index (χ3n) is 7.67. The lowest BCUT2D eigenvalue weighted by Gasteiger charge is -2.51. The number of pyridine rings is 1. The Labute approximate surface area is 223 Å². The number of hydrogen-bond donors (Lipinski definition) is 1. The van der Waals surface area contributed by atoms with Crippen LogP contribution in [0.15, 0.2) is 61.3 Å². The Morgan fingerprint density at radius 3 is 2.59 bits per heavy atom. The molecular formula is C29H33N3O4S. The van der Waals surface area contributed by atoms with E-state index >= 15 is 0 Å². The third-order valence-corrected chi connectivity index (χ3v) is 7.87. The Balaban J connectivity index is 1.50. The van der Waals surface area contributed by atoms with Crippen LogP contribution < -0.4 is 19.5 Å². The van der Waals surface area contributed by atoms with Gasteiger partial charge in [-0.1, -0.05) is 6.08 Å². The summed E-state index contributed by atoms with van der Waals surface area (Å²) in [7, 11) is 4.91. The van der Waals surface area contributed by atoms with Crippen molar-refractivity contribution in [3.05, 3.63) is 66.9 Å². The number of methoxy groups -OCH3 is 3. The fraction of sp³-hybridized carbons (Fsp3) is 0.379. The van der Waals surface area contributed by atoms with Crippen LogP contribution in [0.2, 0.25) is 0 Å². The summed E-state index contributed by atoms with van der Waals surface area (Å²) in [6.07, 6.45) is 5.85. The van der Waals surface area contributed by atoms with E-state index in [2.05, 4.69) is 27.9 Å². The summed E-state index contributed by atoms with van der Waals surface area (Å²) in [5.41, 5.74) is 2.65. The molecule has 0 aliphatic carbocycles. The van der Waals surface area contributed by atoms with Gasteiger partial charge < -0.3 is 24.3 Å². The fourth-order valence-electron chi connectivity index (χ4n) is 5.72. The molecule has 37 heavy (non-hydrogen) atoms. The highest BCUT2D eigenvalue weighted by Crippen LogP contribution is 2.44. The molecule has 0 amide bonds. The van der Waals surface area contributed by atoms with Gasteiger partial charge in [-0.3, -0.25) is 9.88 Å². The minimum atomic E-state index is -0.296. The van der Waals surface area contributed by atoms with Crippen molar-refractivity contribution in [3.8, 4) is 17.2 Å². The van der Waals surface area contributed by atoms with Crippen LogP contribution in [-0.2, 0) is 4.74 Å². The summed E-state index contributed by atoms with van der Waals surface area (Å²) in [5, 5.41) is 4.52. The van der Waals surface area contributed by atoms with E-state index in [0.29, 0.717) is 29.0 Å². The first-order chi connectivity index (χ1) is 18.0. The molecule has 0 spiro atoms. The van der Waals surface area contributed by atoms with Gasteiger partial charge in [-0.15, -0.1) is 6.58 Å². The lowest BCUT2D eigenvalue weighted by Crippen LogP contribution is -2.55. The summed E-state index contributed by atoms with van der Waals surface area (Å²) in [6, 6.07) is 13.7. The average Bonchev–Trinajstić information content (AvgIpc) is 2.95. The summed E-state index contributed by atoms with van der Waals surface area (Å²) in [6.45, 7) is 6.11. The second-order valence-corrected chi connectivity index (χ2v) is 9.92. The van der Waals surface area contributed by atoms with Gasteiger partial charge in [0, 0.05) is 29.8 Å². The first kappa shape index (κ1) is 25.3. The zero-order valence-electron chi connectivity index (χ0n) is 21.5. The second-order valence-electron chi connectivity index (χ2n) is 9.55. The molecule has 2 bridgehead atoms. The number of nitrogens with zero attached hydrogens (tertiary/aromatic N) is 2. The van der Waals surface area contributed by atoms with Gasteiger partial charge in [-0.25, -0.2) is 0 Å².